The summed E-state index contributed by atoms with van der Waals surface area (Å²) in [5, 5.41) is 0. The van der Waals surface area contributed by atoms with Gasteiger partial charge in [-0.05, 0) is 0 Å². The fraction of sp³-hybridized carbons (Fsp3) is 1.00. The number of rotatable bonds is 2. The number of nitrogens with zero attached hydrogens (tertiary/aromatic N) is 1. The maximum Gasteiger partial charge on any atom is 0.189 e. The van der Waals surface area contributed by atoms with Crippen LogP contribution in [0, 0.1) is 0 Å². The molecular weight excluding hydrogens is 182 g/mol. The van der Waals surface area contributed by atoms with Gasteiger partial charge in [-0.3, -0.25) is 0 Å². The van der Waals surface area contributed by atoms with Crippen molar-refractivity contribution in [1.82, 2.24) is 0 Å². The molecule has 2 nitrogen and oxygen atoms in total. The lowest BCUT2D eigenvalue weighted by atomic mass is 10.5. The molecule has 0 spiro atoms. The maximum absolute atomic E-state index is 5.09. The van der Waals surface area contributed by atoms with Crippen molar-refractivity contribution in [2.24, 2.45) is 0 Å². The van der Waals surface area contributed by atoms with Crippen LogP contribution >= 0.6 is 0 Å². The highest BCUT2D eigenvalue weighted by Crippen LogP contribution is 2.00. The van der Waals surface area contributed by atoms with Gasteiger partial charge in [-0.2, -0.15) is 0 Å². The number of quaternary nitrogens is 1. The second kappa shape index (κ2) is 4.25. The molecule has 0 bridgehead atoms. The molecule has 9 heavy (non-hydrogen) atoms. The molecule has 1 unspecified atom stereocenters. The third-order valence-corrected chi connectivity index (χ3v) is 1.43. The van der Waals surface area contributed by atoms with E-state index in [-0.39, 0.29) is 23.2 Å². The quantitative estimate of drug-likeness (QED) is 0.358. The monoisotopic (exact) mass is 197 g/mol. The first kappa shape index (κ1) is 12.1. The molecule has 3 heteroatoms. The van der Waals surface area contributed by atoms with Gasteiger partial charge >= 0.3 is 0 Å². The molecule has 0 amide bonds. The van der Waals surface area contributed by atoms with Gasteiger partial charge in [-0.1, -0.05) is 0 Å². The largest absolute Gasteiger partial charge is 1.00 e. The summed E-state index contributed by atoms with van der Waals surface area (Å²) in [4.78, 5) is 0. The van der Waals surface area contributed by atoms with Crippen LogP contribution in [0.1, 0.15) is 6.92 Å². The Morgan fingerprint density at radius 3 is 1.56 bits per heavy atom. The minimum Gasteiger partial charge on any atom is -1.00 e. The van der Waals surface area contributed by atoms with Crippen LogP contribution in [-0.2, 0) is 4.74 Å². The molecule has 0 saturated carbocycles. The fourth-order valence-electron chi connectivity index (χ4n) is 0.316. The molecule has 0 aliphatic carbocycles. The Morgan fingerprint density at radius 2 is 1.56 bits per heavy atom. The number of ether oxygens (including phenoxy) is 1. The van der Waals surface area contributed by atoms with E-state index in [1.807, 2.05) is 0 Å². The minimum atomic E-state index is 0. The van der Waals surface area contributed by atoms with Crippen molar-refractivity contribution in [2.75, 3.05) is 28.3 Å². The molecule has 0 rings (SSSR count). The lowest BCUT2D eigenvalue weighted by Gasteiger charge is -2.29. The normalized spacial score (nSPS) is 14.3. The van der Waals surface area contributed by atoms with Crippen molar-refractivity contribution < 1.29 is 26.2 Å². The van der Waals surface area contributed by atoms with Crippen LogP contribution in [-0.4, -0.2) is 39.0 Å². The summed E-state index contributed by atoms with van der Waals surface area (Å²) in [6, 6.07) is 0. The van der Waals surface area contributed by atoms with Crippen molar-refractivity contribution in [3.63, 3.8) is 0 Å². The molecule has 0 heterocycles. The van der Waals surface area contributed by atoms with Crippen molar-refractivity contribution >= 4 is 0 Å². The van der Waals surface area contributed by atoms with E-state index in [4.69, 9.17) is 4.74 Å². The molecule has 0 aliphatic heterocycles. The predicted molar refractivity (Wildman–Crippen MR) is 34.5 cm³/mol. The van der Waals surface area contributed by atoms with Crippen LogP contribution < -0.4 is 17.0 Å². The summed E-state index contributed by atoms with van der Waals surface area (Å²) >= 11 is 0. The van der Waals surface area contributed by atoms with E-state index in [1.54, 1.807) is 7.11 Å². The molecular formula is C6H16BrNO. The van der Waals surface area contributed by atoms with Gasteiger partial charge in [0.05, 0.1) is 21.1 Å². The van der Waals surface area contributed by atoms with E-state index in [0.717, 1.165) is 4.48 Å². The third-order valence-electron chi connectivity index (χ3n) is 1.43. The van der Waals surface area contributed by atoms with E-state index in [2.05, 4.69) is 28.1 Å². The summed E-state index contributed by atoms with van der Waals surface area (Å²) in [5.74, 6) is 0. The summed E-state index contributed by atoms with van der Waals surface area (Å²) in [7, 11) is 8.05. The smallest absolute Gasteiger partial charge is 0.189 e. The number of halogens is 1. The van der Waals surface area contributed by atoms with Crippen LogP contribution in [0.4, 0.5) is 0 Å². The Labute approximate surface area is 68.2 Å². The van der Waals surface area contributed by atoms with Gasteiger partial charge in [0.1, 0.15) is 0 Å². The summed E-state index contributed by atoms with van der Waals surface area (Å²) < 4.78 is 5.94. The summed E-state index contributed by atoms with van der Waals surface area (Å²) in [5.41, 5.74) is 0. The van der Waals surface area contributed by atoms with Crippen molar-refractivity contribution in [3.8, 4) is 0 Å². The Hall–Kier alpha value is 0.400. The van der Waals surface area contributed by atoms with Gasteiger partial charge < -0.3 is 26.2 Å². The molecule has 0 aromatic heterocycles. The Morgan fingerprint density at radius 1 is 1.22 bits per heavy atom. The van der Waals surface area contributed by atoms with Gasteiger partial charge in [0, 0.05) is 14.0 Å². The average molecular weight is 198 g/mol. The number of hydrogen-bond acceptors (Lipinski definition) is 1. The Kier molecular flexibility index (Phi) is 5.72. The zero-order valence-electron chi connectivity index (χ0n) is 6.81. The average Bonchev–Trinajstić information content (AvgIpc) is 1.62. The first-order chi connectivity index (χ1) is 3.48. The predicted octanol–water partition coefficient (Wildman–Crippen LogP) is -2.31. The third kappa shape index (κ3) is 4.88. The summed E-state index contributed by atoms with van der Waals surface area (Å²) in [6.45, 7) is 2.06. The van der Waals surface area contributed by atoms with Crippen molar-refractivity contribution in [2.45, 2.75) is 13.2 Å². The van der Waals surface area contributed by atoms with Gasteiger partial charge in [-0.25, -0.2) is 0 Å². The highest BCUT2D eigenvalue weighted by molar-refractivity contribution is 4.23. The Bertz CT molecular complexity index is 69.9. The molecule has 0 radical (unpaired) electrons. The number of hydrogen-bond donors (Lipinski definition) is 0. The van der Waals surface area contributed by atoms with E-state index in [0.29, 0.717) is 0 Å². The highest BCUT2D eigenvalue weighted by atomic mass is 79.9. The second-order valence-corrected chi connectivity index (χ2v) is 2.95. The van der Waals surface area contributed by atoms with Crippen LogP contribution in [0.15, 0.2) is 0 Å². The van der Waals surface area contributed by atoms with E-state index >= 15 is 0 Å². The van der Waals surface area contributed by atoms with Crippen LogP contribution in [0.25, 0.3) is 0 Å². The Balaban J connectivity index is 0. The topological polar surface area (TPSA) is 9.23 Å². The zero-order valence-corrected chi connectivity index (χ0v) is 8.40. The molecule has 0 aromatic carbocycles. The number of methoxy groups -OCH3 is 1. The van der Waals surface area contributed by atoms with E-state index < -0.39 is 0 Å². The van der Waals surface area contributed by atoms with Crippen LogP contribution in [0.2, 0.25) is 0 Å². The molecule has 0 N–H and O–H groups in total. The highest BCUT2D eigenvalue weighted by Gasteiger charge is 2.15. The molecule has 58 valence electrons. The molecule has 0 aliphatic rings. The molecule has 1 atom stereocenters. The van der Waals surface area contributed by atoms with Gasteiger partial charge in [-0.15, -0.1) is 0 Å². The second-order valence-electron chi connectivity index (χ2n) is 2.95. The lowest BCUT2D eigenvalue weighted by molar-refractivity contribution is -0.916. The standard InChI is InChI=1S/C6H16NO.BrH/c1-6(8-5)7(2,3)4;/h6H,1-5H3;1H/q+1;/p-1. The van der Waals surface area contributed by atoms with Crippen molar-refractivity contribution in [3.05, 3.63) is 0 Å². The first-order valence-electron chi connectivity index (χ1n) is 2.82. The van der Waals surface area contributed by atoms with E-state index in [9.17, 15) is 0 Å². The van der Waals surface area contributed by atoms with Crippen LogP contribution in [0.5, 0.6) is 0 Å². The zero-order chi connectivity index (χ0) is 6.78. The maximum atomic E-state index is 5.09. The van der Waals surface area contributed by atoms with Gasteiger partial charge in [0.25, 0.3) is 0 Å². The fourth-order valence-corrected chi connectivity index (χ4v) is 0.316. The van der Waals surface area contributed by atoms with Gasteiger partial charge in [0.15, 0.2) is 6.23 Å². The van der Waals surface area contributed by atoms with Gasteiger partial charge in [0.2, 0.25) is 0 Å². The SMILES string of the molecule is COC(C)[N+](C)(C)C.[Br-]. The van der Waals surface area contributed by atoms with E-state index in [1.165, 1.54) is 0 Å². The van der Waals surface area contributed by atoms with Crippen LogP contribution in [0.3, 0.4) is 0 Å². The molecule has 0 aromatic rings. The molecule has 0 saturated heterocycles. The minimum absolute atomic E-state index is 0. The first-order valence-corrected chi connectivity index (χ1v) is 2.82. The summed E-state index contributed by atoms with van der Waals surface area (Å²) in [6.07, 6.45) is 0.287. The molecule has 0 fully saturated rings. The van der Waals surface area contributed by atoms with Crippen molar-refractivity contribution in [1.29, 1.82) is 0 Å². The lowest BCUT2D eigenvalue weighted by Crippen LogP contribution is -3.00.